The first-order chi connectivity index (χ1) is 5.41. The highest BCUT2D eigenvalue weighted by molar-refractivity contribution is 4.94. The van der Waals surface area contributed by atoms with Crippen LogP contribution < -0.4 is 10.6 Å². The molecule has 2 saturated heterocycles. The van der Waals surface area contributed by atoms with E-state index in [1.807, 2.05) is 0 Å². The van der Waals surface area contributed by atoms with Crippen LogP contribution in [0.3, 0.4) is 0 Å². The minimum Gasteiger partial charge on any atom is -0.317 e. The summed E-state index contributed by atoms with van der Waals surface area (Å²) in [6.45, 7) is 3.51. The Hall–Kier alpha value is -0.0800. The number of nitrogens with zero attached hydrogens (tertiary/aromatic N) is 1. The van der Waals surface area contributed by atoms with Gasteiger partial charge in [0.05, 0.1) is 0 Å². The maximum absolute atomic E-state index is 4.75. The average Bonchev–Trinajstić information content (AvgIpc) is 2.32. The van der Waals surface area contributed by atoms with Crippen molar-refractivity contribution in [1.29, 1.82) is 0 Å². The standard InChI is InChI=1S/C9H17N2/c1-3-9(4-2-7-11-9)5-8-10-6-1/h10H,1-8H2. The summed E-state index contributed by atoms with van der Waals surface area (Å²) in [6.07, 6.45) is 6.63. The molecule has 1 spiro atoms. The normalized spacial score (nSPS) is 39.3. The van der Waals surface area contributed by atoms with Gasteiger partial charge in [0.2, 0.25) is 0 Å². The highest BCUT2D eigenvalue weighted by Crippen LogP contribution is 2.30. The van der Waals surface area contributed by atoms with E-state index in [1.54, 1.807) is 0 Å². The minimum absolute atomic E-state index is 0.420. The fraction of sp³-hybridized carbons (Fsp3) is 1.00. The van der Waals surface area contributed by atoms with E-state index in [1.165, 1.54) is 45.2 Å². The topological polar surface area (TPSA) is 26.1 Å². The molecule has 0 aromatic rings. The lowest BCUT2D eigenvalue weighted by atomic mass is 9.89. The van der Waals surface area contributed by atoms with Gasteiger partial charge in [-0.2, -0.15) is 0 Å². The van der Waals surface area contributed by atoms with Gasteiger partial charge in [0.1, 0.15) is 0 Å². The fourth-order valence-corrected chi connectivity index (χ4v) is 2.33. The Kier molecular flexibility index (Phi) is 2.14. The van der Waals surface area contributed by atoms with Crippen LogP contribution in [0.1, 0.15) is 32.1 Å². The second kappa shape index (κ2) is 3.11. The van der Waals surface area contributed by atoms with Crippen molar-refractivity contribution in [1.82, 2.24) is 10.6 Å². The van der Waals surface area contributed by atoms with E-state index < -0.39 is 0 Å². The predicted molar refractivity (Wildman–Crippen MR) is 45.7 cm³/mol. The molecule has 1 radical (unpaired) electrons. The Bertz CT molecular complexity index is 118. The zero-order valence-electron chi connectivity index (χ0n) is 7.10. The van der Waals surface area contributed by atoms with Gasteiger partial charge in [-0.05, 0) is 45.2 Å². The van der Waals surface area contributed by atoms with Crippen LogP contribution in [0.25, 0.3) is 0 Å². The second-order valence-electron chi connectivity index (χ2n) is 3.81. The number of hydrogen-bond donors (Lipinski definition) is 1. The Morgan fingerprint density at radius 2 is 1.91 bits per heavy atom. The third kappa shape index (κ3) is 1.57. The molecule has 63 valence electrons. The molecule has 2 aliphatic rings. The van der Waals surface area contributed by atoms with Gasteiger partial charge in [-0.25, -0.2) is 5.32 Å². The van der Waals surface area contributed by atoms with Crippen molar-refractivity contribution >= 4 is 0 Å². The maximum Gasteiger partial charge on any atom is 0.0369 e. The molecule has 0 bridgehead atoms. The van der Waals surface area contributed by atoms with Crippen LogP contribution in [0.2, 0.25) is 0 Å². The average molecular weight is 153 g/mol. The summed E-state index contributed by atoms with van der Waals surface area (Å²) in [5.74, 6) is 0. The van der Waals surface area contributed by atoms with E-state index in [2.05, 4.69) is 5.32 Å². The minimum atomic E-state index is 0.420. The molecule has 1 N–H and O–H groups in total. The summed E-state index contributed by atoms with van der Waals surface area (Å²) >= 11 is 0. The van der Waals surface area contributed by atoms with Gasteiger partial charge in [0.15, 0.2) is 0 Å². The van der Waals surface area contributed by atoms with E-state index in [0.29, 0.717) is 5.54 Å². The molecule has 11 heavy (non-hydrogen) atoms. The van der Waals surface area contributed by atoms with Crippen molar-refractivity contribution in [3.63, 3.8) is 0 Å². The van der Waals surface area contributed by atoms with Crippen molar-refractivity contribution < 1.29 is 0 Å². The molecule has 1 atom stereocenters. The molecule has 0 aromatic heterocycles. The van der Waals surface area contributed by atoms with Crippen LogP contribution in [-0.2, 0) is 0 Å². The highest BCUT2D eigenvalue weighted by Gasteiger charge is 2.34. The van der Waals surface area contributed by atoms with Crippen molar-refractivity contribution in [2.24, 2.45) is 0 Å². The Morgan fingerprint density at radius 1 is 1.00 bits per heavy atom. The number of nitrogens with one attached hydrogen (secondary N) is 1. The quantitative estimate of drug-likeness (QED) is 0.549. The Balaban J connectivity index is 1.97. The summed E-state index contributed by atoms with van der Waals surface area (Å²) in [6, 6.07) is 0. The van der Waals surface area contributed by atoms with E-state index in [9.17, 15) is 0 Å². The predicted octanol–water partition coefficient (Wildman–Crippen LogP) is 0.897. The lowest BCUT2D eigenvalue weighted by Crippen LogP contribution is -2.35. The third-order valence-electron chi connectivity index (χ3n) is 3.01. The van der Waals surface area contributed by atoms with Crippen molar-refractivity contribution in [3.8, 4) is 0 Å². The molecule has 0 amide bonds. The molecule has 2 rings (SSSR count). The summed E-state index contributed by atoms with van der Waals surface area (Å²) in [5, 5.41) is 8.19. The SMILES string of the molecule is C1C[N]C2(C1)CCCNCC2. The van der Waals surface area contributed by atoms with Gasteiger partial charge in [-0.15, -0.1) is 0 Å². The van der Waals surface area contributed by atoms with Crippen molar-refractivity contribution in [2.75, 3.05) is 19.6 Å². The third-order valence-corrected chi connectivity index (χ3v) is 3.01. The highest BCUT2D eigenvalue weighted by atomic mass is 15.0. The van der Waals surface area contributed by atoms with E-state index in [0.717, 1.165) is 6.54 Å². The van der Waals surface area contributed by atoms with Gasteiger partial charge in [-0.3, -0.25) is 0 Å². The van der Waals surface area contributed by atoms with Crippen LogP contribution in [-0.4, -0.2) is 25.2 Å². The fourth-order valence-electron chi connectivity index (χ4n) is 2.33. The number of hydrogen-bond acceptors (Lipinski definition) is 1. The molecular weight excluding hydrogens is 136 g/mol. The lowest BCUT2D eigenvalue weighted by Gasteiger charge is -2.25. The molecule has 0 aliphatic carbocycles. The second-order valence-corrected chi connectivity index (χ2v) is 3.81. The first kappa shape index (κ1) is 7.56. The van der Waals surface area contributed by atoms with Gasteiger partial charge in [0.25, 0.3) is 0 Å². The Labute approximate surface area is 68.7 Å². The first-order valence-corrected chi connectivity index (χ1v) is 4.81. The molecule has 2 heterocycles. The monoisotopic (exact) mass is 153 g/mol. The summed E-state index contributed by atoms with van der Waals surface area (Å²) in [5.41, 5.74) is 0.420. The van der Waals surface area contributed by atoms with Crippen molar-refractivity contribution in [2.45, 2.75) is 37.6 Å². The zero-order valence-corrected chi connectivity index (χ0v) is 7.10. The van der Waals surface area contributed by atoms with Crippen molar-refractivity contribution in [3.05, 3.63) is 0 Å². The molecule has 2 nitrogen and oxygen atoms in total. The van der Waals surface area contributed by atoms with Gasteiger partial charge in [-0.1, -0.05) is 0 Å². The molecule has 2 heteroatoms. The lowest BCUT2D eigenvalue weighted by molar-refractivity contribution is 0.331. The maximum atomic E-state index is 4.75. The van der Waals surface area contributed by atoms with Gasteiger partial charge in [0, 0.05) is 12.1 Å². The summed E-state index contributed by atoms with van der Waals surface area (Å²) < 4.78 is 0. The summed E-state index contributed by atoms with van der Waals surface area (Å²) in [7, 11) is 0. The van der Waals surface area contributed by atoms with E-state index >= 15 is 0 Å². The number of rotatable bonds is 0. The summed E-state index contributed by atoms with van der Waals surface area (Å²) in [4.78, 5) is 0. The Morgan fingerprint density at radius 3 is 2.73 bits per heavy atom. The molecule has 2 aliphatic heterocycles. The largest absolute Gasteiger partial charge is 0.317 e. The molecular formula is C9H17N2. The van der Waals surface area contributed by atoms with Gasteiger partial charge < -0.3 is 5.32 Å². The van der Waals surface area contributed by atoms with Crippen LogP contribution in [0.5, 0.6) is 0 Å². The van der Waals surface area contributed by atoms with Crippen LogP contribution in [0.15, 0.2) is 0 Å². The van der Waals surface area contributed by atoms with Crippen LogP contribution >= 0.6 is 0 Å². The smallest absolute Gasteiger partial charge is 0.0369 e. The molecule has 0 aromatic carbocycles. The van der Waals surface area contributed by atoms with Gasteiger partial charge >= 0.3 is 0 Å². The molecule has 1 unspecified atom stereocenters. The molecule has 2 fully saturated rings. The van der Waals surface area contributed by atoms with E-state index in [4.69, 9.17) is 5.32 Å². The van der Waals surface area contributed by atoms with Crippen LogP contribution in [0.4, 0.5) is 0 Å². The molecule has 0 saturated carbocycles. The van der Waals surface area contributed by atoms with E-state index in [-0.39, 0.29) is 0 Å². The zero-order chi connectivity index (χ0) is 7.57. The van der Waals surface area contributed by atoms with Crippen LogP contribution in [0, 0.1) is 0 Å². The first-order valence-electron chi connectivity index (χ1n) is 4.81.